The summed E-state index contributed by atoms with van der Waals surface area (Å²) in [6.45, 7) is 4.50. The summed E-state index contributed by atoms with van der Waals surface area (Å²) in [6, 6.07) is 10.6. The van der Waals surface area contributed by atoms with Gasteiger partial charge in [0.25, 0.3) is 0 Å². The summed E-state index contributed by atoms with van der Waals surface area (Å²) in [5.74, 6) is 0.998. The van der Waals surface area contributed by atoms with Gasteiger partial charge in [-0.2, -0.15) is 0 Å². The SMILES string of the molecule is CCC(CC)CC1(O)CCCCC1c1ccccc1. The molecule has 106 valence electrons. The third-order valence-electron chi connectivity index (χ3n) is 5.00. The fourth-order valence-corrected chi connectivity index (χ4v) is 3.71. The Morgan fingerprint density at radius 2 is 1.84 bits per heavy atom. The predicted molar refractivity (Wildman–Crippen MR) is 81.3 cm³/mol. The zero-order chi connectivity index (χ0) is 13.7. The van der Waals surface area contributed by atoms with Crippen molar-refractivity contribution in [2.75, 3.05) is 0 Å². The van der Waals surface area contributed by atoms with E-state index in [4.69, 9.17) is 0 Å². The number of aliphatic hydroxyl groups is 1. The zero-order valence-corrected chi connectivity index (χ0v) is 12.4. The fourth-order valence-electron chi connectivity index (χ4n) is 3.71. The van der Waals surface area contributed by atoms with Gasteiger partial charge in [-0.15, -0.1) is 0 Å². The zero-order valence-electron chi connectivity index (χ0n) is 12.4. The highest BCUT2D eigenvalue weighted by atomic mass is 16.3. The molecular formula is C18H28O. The molecule has 2 atom stereocenters. The van der Waals surface area contributed by atoms with Crippen molar-refractivity contribution in [1.82, 2.24) is 0 Å². The van der Waals surface area contributed by atoms with E-state index in [2.05, 4.69) is 44.2 Å². The van der Waals surface area contributed by atoms with Crippen molar-refractivity contribution in [1.29, 1.82) is 0 Å². The van der Waals surface area contributed by atoms with Gasteiger partial charge in [-0.1, -0.05) is 69.9 Å². The summed E-state index contributed by atoms with van der Waals surface area (Å²) in [4.78, 5) is 0. The van der Waals surface area contributed by atoms with Gasteiger partial charge in [0, 0.05) is 5.92 Å². The first-order valence-corrected chi connectivity index (χ1v) is 7.97. The second kappa shape index (κ2) is 6.56. The minimum Gasteiger partial charge on any atom is -0.389 e. The molecule has 1 aromatic rings. The van der Waals surface area contributed by atoms with E-state index in [0.717, 1.165) is 19.3 Å². The maximum atomic E-state index is 11.2. The molecule has 1 heteroatoms. The van der Waals surface area contributed by atoms with Crippen molar-refractivity contribution < 1.29 is 5.11 Å². The van der Waals surface area contributed by atoms with Gasteiger partial charge >= 0.3 is 0 Å². The predicted octanol–water partition coefficient (Wildman–Crippen LogP) is 4.90. The Morgan fingerprint density at radius 3 is 2.47 bits per heavy atom. The van der Waals surface area contributed by atoms with Gasteiger partial charge in [-0.3, -0.25) is 0 Å². The average Bonchev–Trinajstić information content (AvgIpc) is 2.46. The van der Waals surface area contributed by atoms with E-state index in [9.17, 15) is 5.11 Å². The number of rotatable bonds is 5. The van der Waals surface area contributed by atoms with Crippen molar-refractivity contribution in [3.05, 3.63) is 35.9 Å². The summed E-state index contributed by atoms with van der Waals surface area (Å²) in [6.07, 6.45) is 7.88. The Labute approximate surface area is 118 Å². The molecule has 1 nitrogen and oxygen atoms in total. The molecular weight excluding hydrogens is 232 g/mol. The molecule has 1 aliphatic rings. The van der Waals surface area contributed by atoms with Crippen LogP contribution in [0.1, 0.15) is 70.3 Å². The molecule has 0 heterocycles. The molecule has 1 aliphatic carbocycles. The lowest BCUT2D eigenvalue weighted by molar-refractivity contribution is -0.0380. The molecule has 0 bridgehead atoms. The number of benzene rings is 1. The Hall–Kier alpha value is -0.820. The van der Waals surface area contributed by atoms with Crippen LogP contribution in [-0.4, -0.2) is 10.7 Å². The Kier molecular flexibility index (Phi) is 5.04. The molecule has 2 rings (SSSR count). The molecule has 0 aliphatic heterocycles. The lowest BCUT2D eigenvalue weighted by Gasteiger charge is -2.42. The van der Waals surface area contributed by atoms with E-state index >= 15 is 0 Å². The van der Waals surface area contributed by atoms with Crippen molar-refractivity contribution in [3.8, 4) is 0 Å². The van der Waals surface area contributed by atoms with Crippen LogP contribution in [0.2, 0.25) is 0 Å². The maximum absolute atomic E-state index is 11.2. The van der Waals surface area contributed by atoms with Gasteiger partial charge in [-0.25, -0.2) is 0 Å². The fraction of sp³-hybridized carbons (Fsp3) is 0.667. The van der Waals surface area contributed by atoms with Crippen LogP contribution in [-0.2, 0) is 0 Å². The highest BCUT2D eigenvalue weighted by Gasteiger charge is 2.40. The smallest absolute Gasteiger partial charge is 0.0718 e. The van der Waals surface area contributed by atoms with E-state index in [0.29, 0.717) is 11.8 Å². The first-order chi connectivity index (χ1) is 9.19. The van der Waals surface area contributed by atoms with E-state index in [-0.39, 0.29) is 0 Å². The molecule has 1 saturated carbocycles. The van der Waals surface area contributed by atoms with Crippen LogP contribution in [0.5, 0.6) is 0 Å². The highest BCUT2D eigenvalue weighted by Crippen LogP contribution is 2.45. The van der Waals surface area contributed by atoms with Crippen LogP contribution in [0, 0.1) is 5.92 Å². The summed E-state index contributed by atoms with van der Waals surface area (Å²) < 4.78 is 0. The molecule has 2 unspecified atom stereocenters. The van der Waals surface area contributed by atoms with Gasteiger partial charge < -0.3 is 5.11 Å². The number of hydrogen-bond acceptors (Lipinski definition) is 1. The molecule has 0 aromatic heterocycles. The minimum atomic E-state index is -0.476. The summed E-state index contributed by atoms with van der Waals surface area (Å²) in [7, 11) is 0. The van der Waals surface area contributed by atoms with Crippen LogP contribution >= 0.6 is 0 Å². The van der Waals surface area contributed by atoms with Crippen LogP contribution in [0.4, 0.5) is 0 Å². The van der Waals surface area contributed by atoms with Gasteiger partial charge in [0.05, 0.1) is 5.60 Å². The molecule has 1 N–H and O–H groups in total. The van der Waals surface area contributed by atoms with Gasteiger partial charge in [-0.05, 0) is 30.7 Å². The Morgan fingerprint density at radius 1 is 1.16 bits per heavy atom. The topological polar surface area (TPSA) is 20.2 Å². The lowest BCUT2D eigenvalue weighted by atomic mass is 9.68. The second-order valence-corrected chi connectivity index (χ2v) is 6.20. The molecule has 0 spiro atoms. The molecule has 0 amide bonds. The van der Waals surface area contributed by atoms with Crippen LogP contribution in [0.25, 0.3) is 0 Å². The second-order valence-electron chi connectivity index (χ2n) is 6.20. The van der Waals surface area contributed by atoms with E-state index in [1.165, 1.54) is 31.2 Å². The van der Waals surface area contributed by atoms with E-state index in [1.807, 2.05) is 0 Å². The van der Waals surface area contributed by atoms with Crippen molar-refractivity contribution in [2.24, 2.45) is 5.92 Å². The first kappa shape index (κ1) is 14.6. The Balaban J connectivity index is 2.19. The Bertz CT molecular complexity index is 369. The van der Waals surface area contributed by atoms with E-state index < -0.39 is 5.60 Å². The summed E-state index contributed by atoms with van der Waals surface area (Å²) in [5.41, 5.74) is 0.853. The molecule has 1 fully saturated rings. The third-order valence-corrected chi connectivity index (χ3v) is 5.00. The van der Waals surface area contributed by atoms with Gasteiger partial charge in [0.15, 0.2) is 0 Å². The normalized spacial score (nSPS) is 27.7. The lowest BCUT2D eigenvalue weighted by Crippen LogP contribution is -2.40. The van der Waals surface area contributed by atoms with Crippen molar-refractivity contribution in [2.45, 2.75) is 70.3 Å². The monoisotopic (exact) mass is 260 g/mol. The summed E-state index contributed by atoms with van der Waals surface area (Å²) in [5, 5.41) is 11.2. The molecule has 0 saturated heterocycles. The van der Waals surface area contributed by atoms with Crippen molar-refractivity contribution in [3.63, 3.8) is 0 Å². The van der Waals surface area contributed by atoms with Gasteiger partial charge in [0.2, 0.25) is 0 Å². The summed E-state index contributed by atoms with van der Waals surface area (Å²) >= 11 is 0. The standard InChI is InChI=1S/C18H28O/c1-3-15(4-2)14-18(19)13-9-8-12-17(18)16-10-6-5-7-11-16/h5-7,10-11,15,17,19H,3-4,8-9,12-14H2,1-2H3. The van der Waals surface area contributed by atoms with Crippen LogP contribution in [0.3, 0.4) is 0 Å². The third kappa shape index (κ3) is 3.39. The minimum absolute atomic E-state index is 0.336. The molecule has 19 heavy (non-hydrogen) atoms. The van der Waals surface area contributed by atoms with Crippen LogP contribution < -0.4 is 0 Å². The number of hydrogen-bond donors (Lipinski definition) is 1. The van der Waals surface area contributed by atoms with E-state index in [1.54, 1.807) is 0 Å². The first-order valence-electron chi connectivity index (χ1n) is 7.97. The van der Waals surface area contributed by atoms with Crippen LogP contribution in [0.15, 0.2) is 30.3 Å². The highest BCUT2D eigenvalue weighted by molar-refractivity contribution is 5.23. The van der Waals surface area contributed by atoms with Gasteiger partial charge in [0.1, 0.15) is 0 Å². The largest absolute Gasteiger partial charge is 0.389 e. The molecule has 1 aromatic carbocycles. The van der Waals surface area contributed by atoms with Crippen molar-refractivity contribution >= 4 is 0 Å². The maximum Gasteiger partial charge on any atom is 0.0718 e. The molecule has 0 radical (unpaired) electrons. The quantitative estimate of drug-likeness (QED) is 0.798. The average molecular weight is 260 g/mol.